The van der Waals surface area contributed by atoms with Gasteiger partial charge in [-0.3, -0.25) is 5.10 Å². The summed E-state index contributed by atoms with van der Waals surface area (Å²) in [6.45, 7) is 0.151. The van der Waals surface area contributed by atoms with Crippen LogP contribution in [0.4, 0.5) is 20.2 Å². The molecule has 0 aliphatic heterocycles. The summed E-state index contributed by atoms with van der Waals surface area (Å²) in [5, 5.41) is 8.75. The molecule has 0 saturated carbocycles. The first-order valence-electron chi connectivity index (χ1n) is 4.49. The van der Waals surface area contributed by atoms with Crippen molar-refractivity contribution in [2.24, 2.45) is 0 Å². The van der Waals surface area contributed by atoms with Crippen molar-refractivity contribution in [2.45, 2.75) is 6.54 Å². The zero-order valence-corrected chi connectivity index (χ0v) is 8.17. The van der Waals surface area contributed by atoms with Gasteiger partial charge in [-0.1, -0.05) is 0 Å². The first-order chi connectivity index (χ1) is 7.66. The number of aromatic nitrogens is 3. The van der Waals surface area contributed by atoms with Crippen LogP contribution in [0, 0.1) is 11.6 Å². The minimum Gasteiger partial charge on any atom is -0.399 e. The Morgan fingerprint density at radius 2 is 2.00 bits per heavy atom. The first-order valence-corrected chi connectivity index (χ1v) is 4.49. The van der Waals surface area contributed by atoms with Crippen LogP contribution < -0.4 is 11.1 Å². The number of anilines is 2. The maximum Gasteiger partial charge on any atom is 0.151 e. The van der Waals surface area contributed by atoms with E-state index in [1.807, 2.05) is 0 Å². The molecule has 0 bridgehead atoms. The van der Waals surface area contributed by atoms with E-state index in [0.717, 1.165) is 12.1 Å². The molecule has 0 unspecified atom stereocenters. The summed E-state index contributed by atoms with van der Waals surface area (Å²) in [4.78, 5) is 3.81. The Morgan fingerprint density at radius 1 is 1.31 bits per heavy atom. The molecule has 0 amide bonds. The fourth-order valence-electron chi connectivity index (χ4n) is 1.25. The van der Waals surface area contributed by atoms with E-state index in [9.17, 15) is 8.78 Å². The molecule has 7 heteroatoms. The molecule has 1 aromatic carbocycles. The molecule has 2 aromatic rings. The lowest BCUT2D eigenvalue weighted by Gasteiger charge is -2.07. The van der Waals surface area contributed by atoms with Gasteiger partial charge in [0.1, 0.15) is 17.8 Å². The van der Waals surface area contributed by atoms with E-state index in [2.05, 4.69) is 20.5 Å². The molecule has 0 aliphatic carbocycles. The number of H-pyrrole nitrogens is 1. The van der Waals surface area contributed by atoms with Gasteiger partial charge in [0.15, 0.2) is 11.6 Å². The third-order valence-corrected chi connectivity index (χ3v) is 1.96. The highest BCUT2D eigenvalue weighted by atomic mass is 19.1. The molecule has 1 heterocycles. The molecular weight excluding hydrogens is 216 g/mol. The van der Waals surface area contributed by atoms with E-state index >= 15 is 0 Å². The van der Waals surface area contributed by atoms with Crippen LogP contribution >= 0.6 is 0 Å². The fourth-order valence-corrected chi connectivity index (χ4v) is 1.25. The smallest absolute Gasteiger partial charge is 0.151 e. The summed E-state index contributed by atoms with van der Waals surface area (Å²) in [6, 6.07) is 2.09. The van der Waals surface area contributed by atoms with Gasteiger partial charge >= 0.3 is 0 Å². The summed E-state index contributed by atoms with van der Waals surface area (Å²) in [6.07, 6.45) is 1.31. The number of rotatable bonds is 3. The lowest BCUT2D eigenvalue weighted by molar-refractivity contribution is 0.588. The van der Waals surface area contributed by atoms with E-state index in [-0.39, 0.29) is 17.9 Å². The number of aromatic amines is 1. The molecule has 0 radical (unpaired) electrons. The summed E-state index contributed by atoms with van der Waals surface area (Å²) in [5.41, 5.74) is 5.09. The second-order valence-corrected chi connectivity index (χ2v) is 3.15. The van der Waals surface area contributed by atoms with Crippen molar-refractivity contribution >= 4 is 11.4 Å². The number of hydrogen-bond donors (Lipinski definition) is 3. The summed E-state index contributed by atoms with van der Waals surface area (Å²) < 4.78 is 26.6. The molecule has 0 spiro atoms. The predicted molar refractivity (Wildman–Crippen MR) is 54.5 cm³/mol. The van der Waals surface area contributed by atoms with Crippen molar-refractivity contribution in [3.63, 3.8) is 0 Å². The molecule has 4 N–H and O–H groups in total. The van der Waals surface area contributed by atoms with Crippen LogP contribution in [0.2, 0.25) is 0 Å². The topological polar surface area (TPSA) is 79.6 Å². The van der Waals surface area contributed by atoms with E-state index in [4.69, 9.17) is 5.73 Å². The number of nitrogens with one attached hydrogen (secondary N) is 2. The van der Waals surface area contributed by atoms with Gasteiger partial charge in [-0.05, 0) is 12.1 Å². The monoisotopic (exact) mass is 225 g/mol. The average Bonchev–Trinajstić information content (AvgIpc) is 2.68. The molecule has 0 atom stereocenters. The molecule has 5 nitrogen and oxygen atoms in total. The lowest BCUT2D eigenvalue weighted by Crippen LogP contribution is -2.06. The van der Waals surface area contributed by atoms with Gasteiger partial charge in [-0.2, -0.15) is 5.10 Å². The average molecular weight is 225 g/mol. The van der Waals surface area contributed by atoms with E-state index in [1.165, 1.54) is 6.33 Å². The second kappa shape index (κ2) is 4.13. The normalized spacial score (nSPS) is 10.4. The number of nitrogen functional groups attached to an aromatic ring is 1. The lowest BCUT2D eigenvalue weighted by atomic mass is 10.2. The third-order valence-electron chi connectivity index (χ3n) is 1.96. The quantitative estimate of drug-likeness (QED) is 0.687. The maximum absolute atomic E-state index is 13.3. The molecule has 0 aliphatic rings. The molecular formula is C9H9F2N5. The van der Waals surface area contributed by atoms with Crippen molar-refractivity contribution in [1.82, 2.24) is 15.2 Å². The van der Waals surface area contributed by atoms with Crippen molar-refractivity contribution in [3.8, 4) is 0 Å². The highest BCUT2D eigenvalue weighted by Crippen LogP contribution is 2.22. The standard InChI is InChI=1S/C9H9F2N5/c10-6-1-5(12)2-7(11)9(6)13-3-8-14-4-15-16-8/h1-2,4,13H,3,12H2,(H,14,15,16). The number of nitrogens with zero attached hydrogens (tertiary/aromatic N) is 2. The van der Waals surface area contributed by atoms with Crippen LogP contribution in [0.25, 0.3) is 0 Å². The van der Waals surface area contributed by atoms with E-state index < -0.39 is 11.6 Å². The third kappa shape index (κ3) is 2.08. The Bertz CT molecular complexity index is 460. The van der Waals surface area contributed by atoms with Crippen molar-refractivity contribution in [2.75, 3.05) is 11.1 Å². The highest BCUT2D eigenvalue weighted by molar-refractivity contribution is 5.53. The predicted octanol–water partition coefficient (Wildman–Crippen LogP) is 1.28. The van der Waals surface area contributed by atoms with Gasteiger partial charge in [0.2, 0.25) is 0 Å². The molecule has 0 fully saturated rings. The van der Waals surface area contributed by atoms with Gasteiger partial charge < -0.3 is 11.1 Å². The van der Waals surface area contributed by atoms with Crippen LogP contribution in [0.1, 0.15) is 5.82 Å². The van der Waals surface area contributed by atoms with Crippen LogP contribution in [0.5, 0.6) is 0 Å². The number of hydrogen-bond acceptors (Lipinski definition) is 4. The highest BCUT2D eigenvalue weighted by Gasteiger charge is 2.10. The van der Waals surface area contributed by atoms with Crippen LogP contribution in [-0.4, -0.2) is 15.2 Å². The zero-order chi connectivity index (χ0) is 11.5. The van der Waals surface area contributed by atoms with Gasteiger partial charge in [-0.25, -0.2) is 13.8 Å². The zero-order valence-electron chi connectivity index (χ0n) is 8.17. The van der Waals surface area contributed by atoms with Gasteiger partial charge in [0, 0.05) is 5.69 Å². The van der Waals surface area contributed by atoms with Crippen LogP contribution in [0.3, 0.4) is 0 Å². The Hall–Kier alpha value is -2.18. The van der Waals surface area contributed by atoms with Crippen LogP contribution in [-0.2, 0) is 6.54 Å². The van der Waals surface area contributed by atoms with Crippen LogP contribution in [0.15, 0.2) is 18.5 Å². The molecule has 84 valence electrons. The summed E-state index contributed by atoms with van der Waals surface area (Å²) in [5.74, 6) is -0.996. The summed E-state index contributed by atoms with van der Waals surface area (Å²) in [7, 11) is 0. The van der Waals surface area contributed by atoms with E-state index in [1.54, 1.807) is 0 Å². The van der Waals surface area contributed by atoms with Crippen molar-refractivity contribution < 1.29 is 8.78 Å². The Labute approximate surface area is 89.7 Å². The largest absolute Gasteiger partial charge is 0.399 e. The number of nitrogens with two attached hydrogens (primary N) is 1. The summed E-state index contributed by atoms with van der Waals surface area (Å²) >= 11 is 0. The van der Waals surface area contributed by atoms with Gasteiger partial charge in [0.05, 0.1) is 6.54 Å². The van der Waals surface area contributed by atoms with E-state index in [0.29, 0.717) is 5.82 Å². The molecule has 16 heavy (non-hydrogen) atoms. The first kappa shape index (κ1) is 10.3. The Balaban J connectivity index is 2.15. The Morgan fingerprint density at radius 3 is 2.56 bits per heavy atom. The minimum atomic E-state index is -0.739. The number of benzene rings is 1. The fraction of sp³-hybridized carbons (Fsp3) is 0.111. The minimum absolute atomic E-state index is 0.0419. The Kier molecular flexibility index (Phi) is 2.67. The molecule has 1 aromatic heterocycles. The van der Waals surface area contributed by atoms with Gasteiger partial charge in [-0.15, -0.1) is 0 Å². The maximum atomic E-state index is 13.3. The SMILES string of the molecule is Nc1cc(F)c(NCc2ncn[nH]2)c(F)c1. The van der Waals surface area contributed by atoms with Gasteiger partial charge in [0.25, 0.3) is 0 Å². The number of halogens is 2. The molecule has 0 saturated heterocycles. The van der Waals surface area contributed by atoms with Crippen molar-refractivity contribution in [1.29, 1.82) is 0 Å². The molecule has 2 rings (SSSR count). The second-order valence-electron chi connectivity index (χ2n) is 3.15. The van der Waals surface area contributed by atoms with Crippen molar-refractivity contribution in [3.05, 3.63) is 35.9 Å².